The number of nitrogens with zero attached hydrogens (tertiary/aromatic N) is 3. The van der Waals surface area contributed by atoms with Gasteiger partial charge in [-0.15, -0.1) is 0 Å². The van der Waals surface area contributed by atoms with E-state index in [2.05, 4.69) is 23.8 Å². The molecule has 0 atom stereocenters. The second-order valence-corrected chi connectivity index (χ2v) is 9.21. The quantitative estimate of drug-likeness (QED) is 0.454. The summed E-state index contributed by atoms with van der Waals surface area (Å²) in [5, 5.41) is 0.578. The van der Waals surface area contributed by atoms with E-state index < -0.39 is 17.3 Å². The van der Waals surface area contributed by atoms with Gasteiger partial charge in [0.25, 0.3) is 0 Å². The molecule has 1 heterocycles. The Morgan fingerprint density at radius 1 is 1.11 bits per heavy atom. The van der Waals surface area contributed by atoms with Crippen LogP contribution < -0.4 is 17.0 Å². The minimum atomic E-state index is -0.640. The molecule has 0 amide bonds. The third-order valence-corrected chi connectivity index (χ3v) is 5.72. The lowest BCUT2D eigenvalue weighted by molar-refractivity contribution is -0.143. The molecule has 0 saturated carbocycles. The Hall–Kier alpha value is -3.39. The number of aryl methyl sites for hydroxylation is 1. The monoisotopic (exact) mass is 498 g/mol. The van der Waals surface area contributed by atoms with Crippen molar-refractivity contribution in [2.75, 3.05) is 6.61 Å². The highest BCUT2D eigenvalue weighted by atomic mass is 35.5. The molecule has 0 bridgehead atoms. The van der Waals surface area contributed by atoms with E-state index in [-0.39, 0.29) is 31.7 Å². The number of H-pyrrole nitrogens is 1. The van der Waals surface area contributed by atoms with Crippen LogP contribution in [0, 0.1) is 12.8 Å². The summed E-state index contributed by atoms with van der Waals surface area (Å²) in [4.78, 5) is 45.2. The second kappa shape index (κ2) is 11.8. The van der Waals surface area contributed by atoms with Crippen LogP contribution in [0.1, 0.15) is 43.9 Å². The lowest BCUT2D eigenvalue weighted by Crippen LogP contribution is -2.50. The van der Waals surface area contributed by atoms with Gasteiger partial charge in [-0.2, -0.15) is 0 Å². The zero-order valence-electron chi connectivity index (χ0n) is 20.5. The van der Waals surface area contributed by atoms with Crippen molar-refractivity contribution in [1.82, 2.24) is 14.1 Å². The lowest BCUT2D eigenvalue weighted by atomic mass is 9.98. The first-order valence-corrected chi connectivity index (χ1v) is 12.0. The fraction of sp³-hybridized carbons (Fsp3) is 0.385. The van der Waals surface area contributed by atoms with Crippen LogP contribution in [0.4, 0.5) is 5.69 Å². The van der Waals surface area contributed by atoms with E-state index in [4.69, 9.17) is 16.3 Å². The summed E-state index contributed by atoms with van der Waals surface area (Å²) in [6.45, 7) is 8.34. The van der Waals surface area contributed by atoms with Gasteiger partial charge in [-0.05, 0) is 67.1 Å². The van der Waals surface area contributed by atoms with Gasteiger partial charge in [0.1, 0.15) is 0 Å². The molecule has 0 unspecified atom stereocenters. The first kappa shape index (κ1) is 26.2. The van der Waals surface area contributed by atoms with Gasteiger partial charge in [0, 0.05) is 11.6 Å². The highest BCUT2D eigenvalue weighted by Gasteiger charge is 2.12. The fourth-order valence-electron chi connectivity index (χ4n) is 3.73. The van der Waals surface area contributed by atoms with Gasteiger partial charge in [0.2, 0.25) is 5.62 Å². The summed E-state index contributed by atoms with van der Waals surface area (Å²) in [7, 11) is 0. The van der Waals surface area contributed by atoms with E-state index in [0.717, 1.165) is 22.1 Å². The van der Waals surface area contributed by atoms with E-state index >= 15 is 0 Å². The largest absolute Gasteiger partial charge is 0.466 e. The molecule has 0 aliphatic heterocycles. The zero-order valence-corrected chi connectivity index (χ0v) is 21.3. The van der Waals surface area contributed by atoms with Gasteiger partial charge in [-0.1, -0.05) is 43.6 Å². The Morgan fingerprint density at radius 2 is 1.83 bits per heavy atom. The maximum Gasteiger partial charge on any atom is 0.335 e. The highest BCUT2D eigenvalue weighted by Crippen LogP contribution is 2.19. The van der Waals surface area contributed by atoms with Crippen LogP contribution in [0.3, 0.4) is 0 Å². The number of rotatable bonds is 9. The van der Waals surface area contributed by atoms with Crippen molar-refractivity contribution < 1.29 is 9.53 Å². The van der Waals surface area contributed by atoms with Crippen LogP contribution >= 0.6 is 11.6 Å². The van der Waals surface area contributed by atoms with Crippen molar-refractivity contribution in [3.05, 3.63) is 90.8 Å². The average Bonchev–Trinajstić information content (AvgIpc) is 2.79. The Balaban J connectivity index is 2.09. The smallest absolute Gasteiger partial charge is 0.335 e. The van der Waals surface area contributed by atoms with Gasteiger partial charge in [0.05, 0.1) is 25.3 Å². The average molecular weight is 499 g/mol. The molecule has 0 saturated heterocycles. The van der Waals surface area contributed by atoms with Crippen molar-refractivity contribution >= 4 is 23.3 Å². The summed E-state index contributed by atoms with van der Waals surface area (Å²) >= 11 is 6.00. The van der Waals surface area contributed by atoms with Gasteiger partial charge < -0.3 is 4.74 Å². The lowest BCUT2D eigenvalue weighted by Gasteiger charge is -2.12. The van der Waals surface area contributed by atoms with E-state index in [9.17, 15) is 14.4 Å². The number of hydrogen-bond donors (Lipinski definition) is 1. The van der Waals surface area contributed by atoms with E-state index in [0.29, 0.717) is 16.6 Å². The Morgan fingerprint density at radius 3 is 2.46 bits per heavy atom. The van der Waals surface area contributed by atoms with Crippen molar-refractivity contribution in [2.45, 2.75) is 53.6 Å². The Bertz CT molecular complexity index is 1370. The summed E-state index contributed by atoms with van der Waals surface area (Å²) in [6, 6.07) is 12.9. The molecule has 1 N–H and O–H groups in total. The minimum absolute atomic E-state index is 0.0925. The molecule has 186 valence electrons. The highest BCUT2D eigenvalue weighted by molar-refractivity contribution is 6.30. The molecule has 0 fully saturated rings. The van der Waals surface area contributed by atoms with Crippen molar-refractivity contribution in [2.24, 2.45) is 10.9 Å². The van der Waals surface area contributed by atoms with E-state index in [1.807, 2.05) is 25.1 Å². The molecular formula is C26H31ClN4O4. The second-order valence-electron chi connectivity index (χ2n) is 8.78. The number of hydrogen-bond acceptors (Lipinski definition) is 5. The number of carbonyl (C=O) groups is 1. The summed E-state index contributed by atoms with van der Waals surface area (Å²) in [5.41, 5.74) is 2.67. The molecule has 8 nitrogen and oxygen atoms in total. The molecular weight excluding hydrogens is 468 g/mol. The van der Waals surface area contributed by atoms with E-state index in [1.165, 1.54) is 10.1 Å². The van der Waals surface area contributed by atoms with Crippen molar-refractivity contribution in [1.29, 1.82) is 0 Å². The number of halogens is 1. The SMILES string of the molecule is CCOC(=O)CCn1c(=O)[nH]/c(=N\c2ccc(CC(C)C)c(C)c2)n(Cc2ccc(Cl)cc2)c1=O. The van der Waals surface area contributed by atoms with E-state index in [1.54, 1.807) is 31.2 Å². The molecule has 0 spiro atoms. The predicted molar refractivity (Wildman–Crippen MR) is 136 cm³/mol. The Labute approximate surface area is 208 Å². The molecule has 2 aromatic carbocycles. The number of benzene rings is 2. The Kier molecular flexibility index (Phi) is 8.87. The van der Waals surface area contributed by atoms with Gasteiger partial charge >= 0.3 is 17.3 Å². The summed E-state index contributed by atoms with van der Waals surface area (Å²) in [6.07, 6.45) is 0.862. The number of carbonyl (C=O) groups excluding carboxylic acids is 1. The molecule has 3 aromatic rings. The predicted octanol–water partition coefficient (Wildman–Crippen LogP) is 3.73. The van der Waals surface area contributed by atoms with Gasteiger partial charge in [-0.25, -0.2) is 19.1 Å². The summed E-state index contributed by atoms with van der Waals surface area (Å²) in [5.74, 6) is 0.0466. The van der Waals surface area contributed by atoms with Crippen molar-refractivity contribution in [3.8, 4) is 0 Å². The topological polar surface area (TPSA) is 98.4 Å². The van der Waals surface area contributed by atoms with Gasteiger partial charge in [-0.3, -0.25) is 14.3 Å². The molecule has 1 aromatic heterocycles. The van der Waals surface area contributed by atoms with Crippen LogP contribution in [-0.2, 0) is 29.0 Å². The van der Waals surface area contributed by atoms with Crippen LogP contribution in [0.2, 0.25) is 5.02 Å². The summed E-state index contributed by atoms with van der Waals surface area (Å²) < 4.78 is 7.29. The number of aromatic nitrogens is 3. The number of aromatic amines is 1. The van der Waals surface area contributed by atoms with Crippen LogP contribution in [0.15, 0.2) is 57.0 Å². The van der Waals surface area contributed by atoms with Crippen molar-refractivity contribution in [3.63, 3.8) is 0 Å². The third-order valence-electron chi connectivity index (χ3n) is 5.47. The first-order valence-electron chi connectivity index (χ1n) is 11.7. The van der Waals surface area contributed by atoms with Crippen LogP contribution in [0.25, 0.3) is 0 Å². The molecule has 35 heavy (non-hydrogen) atoms. The zero-order chi connectivity index (χ0) is 25.5. The molecule has 0 aliphatic carbocycles. The maximum absolute atomic E-state index is 13.4. The number of nitrogens with one attached hydrogen (secondary N) is 1. The molecule has 0 aliphatic rings. The van der Waals surface area contributed by atoms with Crippen LogP contribution in [-0.4, -0.2) is 26.7 Å². The fourth-order valence-corrected chi connectivity index (χ4v) is 3.86. The standard InChI is InChI=1S/C26H31ClN4O4/c1-5-35-23(32)12-13-30-25(33)29-24(28-22-11-8-20(14-17(2)3)18(4)15-22)31(26(30)34)16-19-6-9-21(27)10-7-19/h6-11,15,17H,5,12-14,16H2,1-4H3,(H,28,29,33). The molecule has 3 rings (SSSR count). The van der Waals surface area contributed by atoms with Crippen LogP contribution in [0.5, 0.6) is 0 Å². The normalized spacial score (nSPS) is 11.8. The minimum Gasteiger partial charge on any atom is -0.466 e. The number of ether oxygens (including phenoxy) is 1. The van der Waals surface area contributed by atoms with Gasteiger partial charge in [0.15, 0.2) is 0 Å². The molecule has 0 radical (unpaired) electrons. The molecule has 9 heteroatoms. The number of esters is 1. The maximum atomic E-state index is 13.4. The first-order chi connectivity index (χ1) is 16.7. The third kappa shape index (κ3) is 7.05.